The van der Waals surface area contributed by atoms with E-state index in [2.05, 4.69) is 19.1 Å². The van der Waals surface area contributed by atoms with Crippen molar-refractivity contribution < 1.29 is 23.9 Å². The molecule has 2 heterocycles. The van der Waals surface area contributed by atoms with Gasteiger partial charge >= 0.3 is 11.9 Å². The van der Waals surface area contributed by atoms with Crippen LogP contribution < -0.4 is 0 Å². The maximum Gasteiger partial charge on any atom is 0.320 e. The lowest BCUT2D eigenvalue weighted by Crippen LogP contribution is -2.62. The minimum atomic E-state index is -0.894. The normalized spacial score (nSPS) is 51.3. The summed E-state index contributed by atoms with van der Waals surface area (Å²) < 4.78 is 11.2. The van der Waals surface area contributed by atoms with Gasteiger partial charge in [0.2, 0.25) is 0 Å². The summed E-state index contributed by atoms with van der Waals surface area (Å²) >= 11 is 0. The maximum absolute atomic E-state index is 12.9. The first-order chi connectivity index (χ1) is 12.4. The Morgan fingerprint density at radius 2 is 2.00 bits per heavy atom. The fourth-order valence-electron chi connectivity index (χ4n) is 6.94. The summed E-state index contributed by atoms with van der Waals surface area (Å²) in [6, 6.07) is 0. The van der Waals surface area contributed by atoms with Gasteiger partial charge in [0.1, 0.15) is 17.6 Å². The first-order valence-electron chi connectivity index (χ1n) is 10.00. The van der Waals surface area contributed by atoms with Gasteiger partial charge in [0, 0.05) is 19.3 Å². The molecule has 0 aromatic carbocycles. The molecule has 5 nitrogen and oxygen atoms in total. The summed E-state index contributed by atoms with van der Waals surface area (Å²) in [4.78, 5) is 37.1. The topological polar surface area (TPSA) is 69.7 Å². The van der Waals surface area contributed by atoms with Crippen molar-refractivity contribution in [3.05, 3.63) is 12.2 Å². The van der Waals surface area contributed by atoms with Crippen LogP contribution in [0.15, 0.2) is 12.2 Å². The van der Waals surface area contributed by atoms with Crippen LogP contribution in [0, 0.1) is 40.9 Å². The number of Topliss-reactive ketones (excluding diaryl/α,β-unsaturated/α-hetero) is 1. The van der Waals surface area contributed by atoms with Crippen molar-refractivity contribution >= 4 is 17.7 Å². The molecule has 5 fully saturated rings. The first-order valence-corrected chi connectivity index (χ1v) is 10.00. The van der Waals surface area contributed by atoms with E-state index in [1.807, 2.05) is 0 Å². The van der Waals surface area contributed by atoms with Crippen LogP contribution in [0.2, 0.25) is 0 Å². The highest BCUT2D eigenvalue weighted by Gasteiger charge is 2.66. The molecule has 6 aliphatic rings. The Labute approximate surface area is 153 Å². The zero-order valence-corrected chi connectivity index (χ0v) is 15.4. The molecular formula is C21H26O5. The zero-order chi connectivity index (χ0) is 18.2. The molecule has 0 aromatic rings. The Hall–Kier alpha value is -1.65. The molecule has 3 saturated carbocycles. The van der Waals surface area contributed by atoms with Gasteiger partial charge in [-0.15, -0.1) is 0 Å². The molecule has 4 aliphatic carbocycles. The molecule has 2 bridgehead atoms. The Morgan fingerprint density at radius 3 is 2.73 bits per heavy atom. The number of hydrogen-bond donors (Lipinski definition) is 0. The molecular weight excluding hydrogens is 332 g/mol. The Balaban J connectivity index is 1.48. The van der Waals surface area contributed by atoms with E-state index < -0.39 is 5.41 Å². The van der Waals surface area contributed by atoms with Gasteiger partial charge in [0.15, 0.2) is 5.78 Å². The van der Waals surface area contributed by atoms with Gasteiger partial charge in [0.05, 0.1) is 0 Å². The number of carbonyl (C=O) groups excluding carboxylic acids is 3. The van der Waals surface area contributed by atoms with Crippen LogP contribution in [0.1, 0.15) is 46.0 Å². The number of ether oxygens (including phenoxy) is 2. The molecule has 140 valence electrons. The average Bonchev–Trinajstić information content (AvgIpc) is 2.88. The molecule has 2 aliphatic heterocycles. The summed E-state index contributed by atoms with van der Waals surface area (Å²) in [6.45, 7) is 3.61. The van der Waals surface area contributed by atoms with Crippen LogP contribution in [0.5, 0.6) is 0 Å². The smallest absolute Gasteiger partial charge is 0.320 e. The molecule has 9 atom stereocenters. The number of fused-ring (bicyclic) bond motifs is 5. The third-order valence-electron chi connectivity index (χ3n) is 7.97. The minimum absolute atomic E-state index is 0.0883. The van der Waals surface area contributed by atoms with E-state index in [4.69, 9.17) is 9.47 Å². The predicted molar refractivity (Wildman–Crippen MR) is 91.7 cm³/mol. The van der Waals surface area contributed by atoms with Crippen molar-refractivity contribution in [3.8, 4) is 0 Å². The largest absolute Gasteiger partial charge is 0.462 e. The fraction of sp³-hybridized carbons (Fsp3) is 0.762. The van der Waals surface area contributed by atoms with Crippen LogP contribution in [0.25, 0.3) is 0 Å². The second-order valence-corrected chi connectivity index (χ2v) is 9.24. The molecule has 2 saturated heterocycles. The van der Waals surface area contributed by atoms with Gasteiger partial charge < -0.3 is 9.47 Å². The van der Waals surface area contributed by atoms with E-state index in [9.17, 15) is 14.4 Å². The predicted octanol–water partition coefficient (Wildman–Crippen LogP) is 2.68. The maximum atomic E-state index is 12.9. The van der Waals surface area contributed by atoms with Crippen molar-refractivity contribution in [1.29, 1.82) is 0 Å². The van der Waals surface area contributed by atoms with Crippen LogP contribution in [-0.2, 0) is 23.9 Å². The third kappa shape index (κ3) is 2.06. The van der Waals surface area contributed by atoms with Gasteiger partial charge in [0.25, 0.3) is 0 Å². The molecule has 1 spiro atoms. The summed E-state index contributed by atoms with van der Waals surface area (Å²) in [5.74, 6) is 1.37. The lowest BCUT2D eigenvalue weighted by molar-refractivity contribution is -0.202. The van der Waals surface area contributed by atoms with Crippen LogP contribution in [-0.4, -0.2) is 29.9 Å². The fourth-order valence-corrected chi connectivity index (χ4v) is 6.94. The number of hydrogen-bond acceptors (Lipinski definition) is 5. The first kappa shape index (κ1) is 16.5. The standard InChI is InChI=1S/C21H26O5/c1-10-5-16-15(19(10)25-11(2)22)4-3-12-6-13-7-14-8-18(23)21(13,9-17(12)16)20(24)26-14/h3-4,10,12-17,19H,5-9H2,1-2H3/t10-,12+,13+,14+,15-,16-,17-,19-,21-/m1/s1. The van der Waals surface area contributed by atoms with Gasteiger partial charge in [-0.25, -0.2) is 0 Å². The molecule has 0 radical (unpaired) electrons. The summed E-state index contributed by atoms with van der Waals surface area (Å²) in [5, 5.41) is 0. The quantitative estimate of drug-likeness (QED) is 0.409. The summed E-state index contributed by atoms with van der Waals surface area (Å²) in [6.07, 6.45) is 8.01. The minimum Gasteiger partial charge on any atom is -0.462 e. The summed E-state index contributed by atoms with van der Waals surface area (Å²) in [5.41, 5.74) is -0.894. The summed E-state index contributed by atoms with van der Waals surface area (Å²) in [7, 11) is 0. The Bertz CT molecular complexity index is 691. The molecule has 0 aromatic heterocycles. The van der Waals surface area contributed by atoms with Crippen molar-refractivity contribution in [2.45, 2.75) is 58.2 Å². The molecule has 0 N–H and O–H groups in total. The van der Waals surface area contributed by atoms with E-state index in [-0.39, 0.29) is 41.8 Å². The molecule has 0 unspecified atom stereocenters. The van der Waals surface area contributed by atoms with E-state index in [0.29, 0.717) is 36.5 Å². The number of carbonyl (C=O) groups is 3. The lowest BCUT2D eigenvalue weighted by Gasteiger charge is -2.56. The number of rotatable bonds is 1. The van der Waals surface area contributed by atoms with E-state index >= 15 is 0 Å². The van der Waals surface area contributed by atoms with Crippen molar-refractivity contribution in [1.82, 2.24) is 0 Å². The molecule has 0 amide bonds. The van der Waals surface area contributed by atoms with Gasteiger partial charge in [-0.1, -0.05) is 19.1 Å². The third-order valence-corrected chi connectivity index (χ3v) is 7.97. The molecule has 5 heteroatoms. The SMILES string of the molecule is CC(=O)O[C@H]1[C@@H]2C=C[C@H]3C[C@H]4C[C@H]5CC(=O)[C@]4(C[C@H]3[C@@H]2C[C@H]1C)C(=O)O5. The van der Waals surface area contributed by atoms with E-state index in [1.165, 1.54) is 6.92 Å². The van der Waals surface area contributed by atoms with Crippen LogP contribution in [0.3, 0.4) is 0 Å². The highest BCUT2D eigenvalue weighted by atomic mass is 16.6. The second kappa shape index (κ2) is 5.43. The van der Waals surface area contributed by atoms with Crippen molar-refractivity contribution in [3.63, 3.8) is 0 Å². The lowest BCUT2D eigenvalue weighted by atomic mass is 9.49. The molecule has 26 heavy (non-hydrogen) atoms. The van der Waals surface area contributed by atoms with Crippen LogP contribution >= 0.6 is 0 Å². The van der Waals surface area contributed by atoms with Gasteiger partial charge in [-0.2, -0.15) is 0 Å². The number of ketones is 1. The van der Waals surface area contributed by atoms with E-state index in [0.717, 1.165) is 19.3 Å². The second-order valence-electron chi connectivity index (χ2n) is 9.24. The zero-order valence-electron chi connectivity index (χ0n) is 15.4. The average molecular weight is 358 g/mol. The molecule has 6 rings (SSSR count). The van der Waals surface area contributed by atoms with Gasteiger partial charge in [-0.05, 0) is 55.3 Å². The van der Waals surface area contributed by atoms with Gasteiger partial charge in [-0.3, -0.25) is 14.4 Å². The Kier molecular flexibility index (Phi) is 3.45. The van der Waals surface area contributed by atoms with Crippen molar-refractivity contribution in [2.75, 3.05) is 0 Å². The van der Waals surface area contributed by atoms with E-state index in [1.54, 1.807) is 0 Å². The monoisotopic (exact) mass is 358 g/mol. The highest BCUT2D eigenvalue weighted by Crippen LogP contribution is 2.61. The highest BCUT2D eigenvalue weighted by molar-refractivity contribution is 6.07. The van der Waals surface area contributed by atoms with Crippen LogP contribution in [0.4, 0.5) is 0 Å². The number of allylic oxidation sites excluding steroid dienone is 1. The van der Waals surface area contributed by atoms with Crippen molar-refractivity contribution in [2.24, 2.45) is 40.9 Å². The Morgan fingerprint density at radius 1 is 1.19 bits per heavy atom. The number of esters is 2.